The second-order valence-corrected chi connectivity index (χ2v) is 15.6. The summed E-state index contributed by atoms with van der Waals surface area (Å²) in [6, 6.07) is 4.96. The number of amides is 2. The van der Waals surface area contributed by atoms with Gasteiger partial charge in [0.25, 0.3) is 0 Å². The first-order valence-corrected chi connectivity index (χ1v) is 15.2. The zero-order valence-electron chi connectivity index (χ0n) is 26.3. The maximum Gasteiger partial charge on any atom is 0.243 e. The summed E-state index contributed by atoms with van der Waals surface area (Å²) < 4.78 is 0. The number of aliphatic hydroxyl groups is 1. The van der Waals surface area contributed by atoms with Gasteiger partial charge in [0, 0.05) is 18.5 Å². The number of likely N-dealkylation sites (tertiary alicyclic amines) is 1. The van der Waals surface area contributed by atoms with E-state index in [-0.39, 0.29) is 47.2 Å². The number of hydrogen-bond acceptors (Lipinski definition) is 6. The zero-order valence-corrected chi connectivity index (χ0v) is 27.1. The first-order chi connectivity index (χ1) is 18.3. The van der Waals surface area contributed by atoms with Crippen molar-refractivity contribution >= 4 is 23.2 Å². The summed E-state index contributed by atoms with van der Waals surface area (Å²) in [6.07, 6.45) is 0.352. The van der Waals surface area contributed by atoms with E-state index in [0.717, 1.165) is 28.1 Å². The molecule has 0 saturated carbocycles. The molecule has 1 aromatic heterocycles. The van der Waals surface area contributed by atoms with E-state index in [2.05, 4.69) is 54.6 Å². The van der Waals surface area contributed by atoms with E-state index in [4.69, 9.17) is 0 Å². The molecule has 0 unspecified atom stereocenters. The maximum absolute atomic E-state index is 13.8. The van der Waals surface area contributed by atoms with Gasteiger partial charge in [0.2, 0.25) is 11.8 Å². The fraction of sp³-hybridized carbons (Fsp3) is 0.656. The van der Waals surface area contributed by atoms with Crippen LogP contribution >= 0.6 is 11.3 Å². The minimum absolute atomic E-state index is 0.0562. The molecule has 1 fully saturated rings. The molecule has 8 heteroatoms. The summed E-state index contributed by atoms with van der Waals surface area (Å²) in [7, 11) is 0. The lowest BCUT2D eigenvalue weighted by Gasteiger charge is -2.39. The second kappa shape index (κ2) is 11.9. The van der Waals surface area contributed by atoms with Crippen LogP contribution in [0.5, 0.6) is 0 Å². The van der Waals surface area contributed by atoms with Gasteiger partial charge in [-0.15, -0.1) is 11.3 Å². The van der Waals surface area contributed by atoms with Crippen molar-refractivity contribution in [2.45, 2.75) is 119 Å². The molecule has 0 radical (unpaired) electrons. The molecule has 0 aliphatic carbocycles. The van der Waals surface area contributed by atoms with Crippen LogP contribution in [0, 0.1) is 17.8 Å². The van der Waals surface area contributed by atoms with Crippen LogP contribution in [0.1, 0.15) is 98.5 Å². The average molecular weight is 571 g/mol. The Bertz CT molecular complexity index is 1200. The number of aliphatic hydroxyl groups excluding tert-OH is 1. The third-order valence-electron chi connectivity index (χ3n) is 7.25. The lowest BCUT2D eigenvalue weighted by molar-refractivity contribution is -0.143. The number of thiazole rings is 1. The Balaban J connectivity index is 1.87. The molecule has 0 bridgehead atoms. The normalized spacial score (nSPS) is 19.9. The zero-order chi connectivity index (χ0) is 30.2. The van der Waals surface area contributed by atoms with Gasteiger partial charge in [-0.25, -0.2) is 4.98 Å². The maximum atomic E-state index is 13.8. The van der Waals surface area contributed by atoms with Crippen LogP contribution in [0.2, 0.25) is 0 Å². The van der Waals surface area contributed by atoms with E-state index >= 15 is 0 Å². The molecule has 2 heterocycles. The molecule has 1 aliphatic rings. The van der Waals surface area contributed by atoms with E-state index in [1.165, 1.54) is 5.56 Å². The predicted octanol–water partition coefficient (Wildman–Crippen LogP) is 5.65. The summed E-state index contributed by atoms with van der Waals surface area (Å²) in [5, 5.41) is 17.2. The van der Waals surface area contributed by atoms with Gasteiger partial charge in [-0.05, 0) is 74.6 Å². The highest BCUT2D eigenvalue weighted by Crippen LogP contribution is 2.34. The summed E-state index contributed by atoms with van der Waals surface area (Å²) >= 11 is 1.63. The Labute approximate surface area is 245 Å². The highest BCUT2D eigenvalue weighted by atomic mass is 32.1. The van der Waals surface area contributed by atoms with Crippen molar-refractivity contribution in [3.05, 3.63) is 40.5 Å². The number of carbonyl (C=O) groups excluding carboxylic acids is 2. The molecule has 222 valence electrons. The van der Waals surface area contributed by atoms with E-state index in [1.54, 1.807) is 16.2 Å². The van der Waals surface area contributed by atoms with Gasteiger partial charge in [0.05, 0.1) is 34.3 Å². The topological polar surface area (TPSA) is 94.6 Å². The van der Waals surface area contributed by atoms with E-state index in [9.17, 15) is 14.7 Å². The highest BCUT2D eigenvalue weighted by molar-refractivity contribution is 7.13. The molecule has 1 aliphatic heterocycles. The van der Waals surface area contributed by atoms with Crippen LogP contribution in [0.25, 0.3) is 10.4 Å². The smallest absolute Gasteiger partial charge is 0.243 e. The summed E-state index contributed by atoms with van der Waals surface area (Å²) in [4.78, 5) is 34.7. The minimum atomic E-state index is -0.733. The van der Waals surface area contributed by atoms with E-state index in [0.29, 0.717) is 0 Å². The second-order valence-electron chi connectivity index (χ2n) is 14.7. The van der Waals surface area contributed by atoms with Gasteiger partial charge in [0.1, 0.15) is 6.04 Å². The van der Waals surface area contributed by atoms with Crippen molar-refractivity contribution in [1.29, 1.82) is 0 Å². The summed E-state index contributed by atoms with van der Waals surface area (Å²) in [5.41, 5.74) is 5.67. The van der Waals surface area contributed by atoms with Gasteiger partial charge in [-0.1, -0.05) is 53.7 Å². The van der Waals surface area contributed by atoms with Crippen LogP contribution in [-0.4, -0.2) is 57.1 Å². The number of hydrogen-bond donors (Lipinski definition) is 3. The molecule has 4 atom stereocenters. The molecule has 2 amide bonds. The van der Waals surface area contributed by atoms with Crippen molar-refractivity contribution in [2.75, 3.05) is 6.54 Å². The molecule has 7 nitrogen and oxygen atoms in total. The predicted molar refractivity (Wildman–Crippen MR) is 164 cm³/mol. The van der Waals surface area contributed by atoms with Crippen LogP contribution in [-0.2, 0) is 16.0 Å². The van der Waals surface area contributed by atoms with Crippen LogP contribution in [0.4, 0.5) is 0 Å². The monoisotopic (exact) mass is 570 g/mol. The Morgan fingerprint density at radius 2 is 1.77 bits per heavy atom. The quantitative estimate of drug-likeness (QED) is 0.400. The number of benzene rings is 1. The van der Waals surface area contributed by atoms with E-state index < -0.39 is 18.2 Å². The van der Waals surface area contributed by atoms with Crippen molar-refractivity contribution in [3.8, 4) is 10.4 Å². The molecular weight excluding hydrogens is 520 g/mol. The van der Waals surface area contributed by atoms with Crippen molar-refractivity contribution < 1.29 is 14.7 Å². The lowest BCUT2D eigenvalue weighted by Crippen LogP contribution is -2.60. The van der Waals surface area contributed by atoms with Gasteiger partial charge in [-0.3, -0.25) is 9.59 Å². The molecule has 1 saturated heterocycles. The fourth-order valence-corrected chi connectivity index (χ4v) is 6.22. The van der Waals surface area contributed by atoms with Crippen molar-refractivity contribution in [2.24, 2.45) is 10.8 Å². The standard InChI is InChI=1S/C32H50N4O3S/c1-19(24-13-12-21(26-20(2)33-18-40-26)14-22(24)16-30(3,4)5)34-28(38)25-15-23(37)17-36(25)29(39)27(31(6,7)8)35-32(9,10)11/h12-14,18-19,23,25,27,35,37H,15-17H2,1-11H3,(H,34,38)/t19-,23+,25-,27+/m0/s1. The number of aryl methyl sites for hydroxylation is 1. The Hall–Kier alpha value is -2.29. The van der Waals surface area contributed by atoms with Gasteiger partial charge >= 0.3 is 0 Å². The van der Waals surface area contributed by atoms with Crippen LogP contribution in [0.3, 0.4) is 0 Å². The molecule has 0 spiro atoms. The molecule has 2 aromatic rings. The third kappa shape index (κ3) is 8.14. The first kappa shape index (κ1) is 32.2. The number of aromatic nitrogens is 1. The summed E-state index contributed by atoms with van der Waals surface area (Å²) in [6.45, 7) is 23.0. The largest absolute Gasteiger partial charge is 0.391 e. The fourth-order valence-electron chi connectivity index (χ4n) is 5.41. The van der Waals surface area contributed by atoms with Gasteiger partial charge < -0.3 is 20.6 Å². The minimum Gasteiger partial charge on any atom is -0.391 e. The SMILES string of the molecule is Cc1ncsc1-c1ccc([C@H](C)NC(=O)[C@@H]2C[C@@H](O)CN2C(=O)[C@@H](NC(C)(C)C)C(C)(C)C)c(CC(C)(C)C)c1. The Morgan fingerprint density at radius 3 is 2.30 bits per heavy atom. The Morgan fingerprint density at radius 1 is 1.12 bits per heavy atom. The highest BCUT2D eigenvalue weighted by Gasteiger charge is 2.45. The Kier molecular flexibility index (Phi) is 9.59. The molecule has 3 rings (SSSR count). The van der Waals surface area contributed by atoms with E-state index in [1.807, 2.05) is 60.9 Å². The first-order valence-electron chi connectivity index (χ1n) is 14.4. The molecule has 3 N–H and O–H groups in total. The van der Waals surface area contributed by atoms with Gasteiger partial charge in [-0.2, -0.15) is 0 Å². The summed E-state index contributed by atoms with van der Waals surface area (Å²) in [5.74, 6) is -0.380. The lowest BCUT2D eigenvalue weighted by atomic mass is 9.84. The number of nitrogens with one attached hydrogen (secondary N) is 2. The third-order valence-corrected chi connectivity index (χ3v) is 8.23. The number of nitrogens with zero attached hydrogens (tertiary/aromatic N) is 2. The number of carbonyl (C=O) groups is 2. The van der Waals surface area contributed by atoms with Gasteiger partial charge in [0.15, 0.2) is 0 Å². The van der Waals surface area contributed by atoms with Crippen molar-refractivity contribution in [1.82, 2.24) is 20.5 Å². The molecule has 40 heavy (non-hydrogen) atoms. The number of rotatable bonds is 7. The van der Waals surface area contributed by atoms with Crippen molar-refractivity contribution in [3.63, 3.8) is 0 Å². The average Bonchev–Trinajstić information content (AvgIpc) is 3.40. The molecule has 1 aromatic carbocycles. The number of β-amino-alcohol motifs (C(OH)–C–C–N with tert-alkyl or cyclic N) is 1. The van der Waals surface area contributed by atoms with Crippen LogP contribution in [0.15, 0.2) is 23.7 Å². The molecular formula is C32H50N4O3S. The van der Waals surface area contributed by atoms with Crippen LogP contribution < -0.4 is 10.6 Å².